The zero-order valence-electron chi connectivity index (χ0n) is 29.7. The average molecular weight is 601 g/mol. The lowest BCUT2D eigenvalue weighted by atomic mass is 10.0. The molecule has 2 nitrogen and oxygen atoms in total. The van der Waals surface area contributed by atoms with E-state index in [-0.39, 0.29) is 0 Å². The molecule has 0 saturated carbocycles. The minimum Gasteiger partial charge on any atom is -0.493 e. The van der Waals surface area contributed by atoms with Crippen LogP contribution in [0.25, 0.3) is 0 Å². The Morgan fingerprint density at radius 2 is 0.628 bits per heavy atom. The van der Waals surface area contributed by atoms with Crippen LogP contribution >= 0.6 is 0 Å². The Bertz CT molecular complexity index is 632. The van der Waals surface area contributed by atoms with Crippen molar-refractivity contribution in [2.75, 3.05) is 13.2 Å². The first-order valence-electron chi connectivity index (χ1n) is 19.7. The molecule has 0 amide bonds. The first kappa shape index (κ1) is 39.8. The standard InChI is InChI=1S/C41H76O2/c1-4-7-9-11-13-15-17-19-21-23-25-27-29-31-37-42-40-35-33-36-41(39(40)34-6-3)43-38-32-30-28-26-24-22-20-18-16-14-12-10-8-5-2/h33,35-36H,4-32,34,37-38H2,1-3H3. The van der Waals surface area contributed by atoms with Gasteiger partial charge in [0, 0.05) is 5.56 Å². The summed E-state index contributed by atoms with van der Waals surface area (Å²) in [6, 6.07) is 6.41. The van der Waals surface area contributed by atoms with Crippen LogP contribution in [0.5, 0.6) is 11.5 Å². The van der Waals surface area contributed by atoms with Gasteiger partial charge in [0.1, 0.15) is 11.5 Å². The zero-order valence-corrected chi connectivity index (χ0v) is 29.7. The summed E-state index contributed by atoms with van der Waals surface area (Å²) < 4.78 is 12.6. The Kier molecular flexibility index (Phi) is 29.9. The highest BCUT2D eigenvalue weighted by Gasteiger charge is 2.10. The first-order valence-corrected chi connectivity index (χ1v) is 19.7. The van der Waals surface area contributed by atoms with E-state index in [2.05, 4.69) is 39.0 Å². The lowest BCUT2D eigenvalue weighted by Crippen LogP contribution is -2.04. The fraction of sp³-hybridized carbons (Fsp3) is 0.854. The number of benzene rings is 1. The molecule has 1 aromatic carbocycles. The molecule has 43 heavy (non-hydrogen) atoms. The van der Waals surface area contributed by atoms with E-state index in [1.807, 2.05) is 0 Å². The topological polar surface area (TPSA) is 18.5 Å². The third-order valence-electron chi connectivity index (χ3n) is 9.10. The van der Waals surface area contributed by atoms with E-state index >= 15 is 0 Å². The van der Waals surface area contributed by atoms with Crippen molar-refractivity contribution < 1.29 is 9.47 Å². The predicted octanol–water partition coefficient (Wildman–Crippen LogP) is 14.4. The monoisotopic (exact) mass is 601 g/mol. The third-order valence-corrected chi connectivity index (χ3v) is 9.10. The number of unbranched alkanes of at least 4 members (excludes halogenated alkanes) is 26. The smallest absolute Gasteiger partial charge is 0.126 e. The fourth-order valence-electron chi connectivity index (χ4n) is 6.27. The first-order chi connectivity index (χ1) is 21.3. The molecular weight excluding hydrogens is 524 g/mol. The molecule has 2 heteroatoms. The summed E-state index contributed by atoms with van der Waals surface area (Å²) in [5.74, 6) is 2.10. The SMILES string of the molecule is CCCCCCCCCCCCCCCCOc1cccc(OCCCCCCCCCCCCCCCC)c1CCC. The quantitative estimate of drug-likeness (QED) is 0.0732. The van der Waals surface area contributed by atoms with Crippen molar-refractivity contribution in [3.8, 4) is 11.5 Å². The van der Waals surface area contributed by atoms with Crippen molar-refractivity contribution in [3.05, 3.63) is 23.8 Å². The molecule has 0 aliphatic heterocycles. The molecule has 0 unspecified atom stereocenters. The van der Waals surface area contributed by atoms with E-state index in [1.54, 1.807) is 0 Å². The van der Waals surface area contributed by atoms with Crippen molar-refractivity contribution in [1.82, 2.24) is 0 Å². The summed E-state index contributed by atoms with van der Waals surface area (Å²) in [7, 11) is 0. The highest BCUT2D eigenvalue weighted by Crippen LogP contribution is 2.30. The third kappa shape index (κ3) is 24.8. The van der Waals surface area contributed by atoms with Gasteiger partial charge in [0.15, 0.2) is 0 Å². The van der Waals surface area contributed by atoms with E-state index in [0.29, 0.717) is 0 Å². The lowest BCUT2D eigenvalue weighted by Gasteiger charge is -2.16. The highest BCUT2D eigenvalue weighted by atomic mass is 16.5. The summed E-state index contributed by atoms with van der Waals surface area (Å²) in [4.78, 5) is 0. The molecule has 0 fully saturated rings. The molecule has 0 N–H and O–H groups in total. The van der Waals surface area contributed by atoms with Gasteiger partial charge in [-0.1, -0.05) is 200 Å². The van der Waals surface area contributed by atoms with Crippen molar-refractivity contribution >= 4 is 0 Å². The largest absolute Gasteiger partial charge is 0.493 e. The molecule has 0 atom stereocenters. The Hall–Kier alpha value is -1.18. The van der Waals surface area contributed by atoms with Gasteiger partial charge in [0.2, 0.25) is 0 Å². The van der Waals surface area contributed by atoms with Crippen LogP contribution in [0.1, 0.15) is 213 Å². The minimum absolute atomic E-state index is 0.831. The summed E-state index contributed by atoms with van der Waals surface area (Å²) in [6.07, 6.45) is 41.1. The van der Waals surface area contributed by atoms with Crippen molar-refractivity contribution in [2.45, 2.75) is 213 Å². The van der Waals surface area contributed by atoms with Gasteiger partial charge in [0.25, 0.3) is 0 Å². The normalized spacial score (nSPS) is 11.3. The van der Waals surface area contributed by atoms with E-state index < -0.39 is 0 Å². The fourth-order valence-corrected chi connectivity index (χ4v) is 6.27. The van der Waals surface area contributed by atoms with Gasteiger partial charge in [-0.05, 0) is 31.4 Å². The van der Waals surface area contributed by atoms with Crippen LogP contribution < -0.4 is 9.47 Å². The van der Waals surface area contributed by atoms with Crippen molar-refractivity contribution in [3.63, 3.8) is 0 Å². The van der Waals surface area contributed by atoms with E-state index in [1.165, 1.54) is 173 Å². The average Bonchev–Trinajstić information content (AvgIpc) is 3.02. The van der Waals surface area contributed by atoms with Crippen LogP contribution in [0.3, 0.4) is 0 Å². The van der Waals surface area contributed by atoms with Gasteiger partial charge in [-0.15, -0.1) is 0 Å². The highest BCUT2D eigenvalue weighted by molar-refractivity contribution is 5.45. The Morgan fingerprint density at radius 1 is 0.349 bits per heavy atom. The van der Waals surface area contributed by atoms with E-state index in [9.17, 15) is 0 Å². The Labute approximate surface area is 270 Å². The molecule has 0 aliphatic carbocycles. The van der Waals surface area contributed by atoms with Gasteiger partial charge >= 0.3 is 0 Å². The molecule has 0 bridgehead atoms. The second-order valence-corrected chi connectivity index (χ2v) is 13.4. The summed E-state index contributed by atoms with van der Waals surface area (Å²) >= 11 is 0. The van der Waals surface area contributed by atoms with Gasteiger partial charge in [-0.25, -0.2) is 0 Å². The molecule has 0 saturated heterocycles. The van der Waals surface area contributed by atoms with E-state index in [4.69, 9.17) is 9.47 Å². The molecule has 252 valence electrons. The van der Waals surface area contributed by atoms with Crippen LogP contribution in [0, 0.1) is 0 Å². The van der Waals surface area contributed by atoms with Crippen molar-refractivity contribution in [2.24, 2.45) is 0 Å². The second kappa shape index (κ2) is 32.2. The van der Waals surface area contributed by atoms with Gasteiger partial charge < -0.3 is 9.47 Å². The maximum atomic E-state index is 6.29. The maximum absolute atomic E-state index is 6.29. The van der Waals surface area contributed by atoms with Crippen LogP contribution in [-0.4, -0.2) is 13.2 Å². The number of ether oxygens (including phenoxy) is 2. The summed E-state index contributed by atoms with van der Waals surface area (Å²) in [5.41, 5.74) is 1.28. The van der Waals surface area contributed by atoms with Gasteiger partial charge in [-0.2, -0.15) is 0 Å². The van der Waals surface area contributed by atoms with Crippen LogP contribution in [-0.2, 0) is 6.42 Å². The molecule has 0 radical (unpaired) electrons. The number of rotatable bonds is 34. The maximum Gasteiger partial charge on any atom is 0.126 e. The Morgan fingerprint density at radius 3 is 0.907 bits per heavy atom. The second-order valence-electron chi connectivity index (χ2n) is 13.4. The van der Waals surface area contributed by atoms with Gasteiger partial charge in [-0.3, -0.25) is 0 Å². The van der Waals surface area contributed by atoms with Crippen LogP contribution in [0.2, 0.25) is 0 Å². The molecule has 0 aliphatic rings. The molecular formula is C41H76O2. The minimum atomic E-state index is 0.831. The zero-order chi connectivity index (χ0) is 30.9. The molecule has 1 rings (SSSR count). The summed E-state index contributed by atoms with van der Waals surface area (Å²) in [6.45, 7) is 8.51. The molecule has 1 aromatic rings. The predicted molar refractivity (Wildman–Crippen MR) is 192 cm³/mol. The number of hydrogen-bond donors (Lipinski definition) is 0. The van der Waals surface area contributed by atoms with Gasteiger partial charge in [0.05, 0.1) is 13.2 Å². The number of hydrogen-bond acceptors (Lipinski definition) is 2. The van der Waals surface area contributed by atoms with Crippen LogP contribution in [0.4, 0.5) is 0 Å². The molecule has 0 heterocycles. The van der Waals surface area contributed by atoms with Crippen molar-refractivity contribution in [1.29, 1.82) is 0 Å². The summed E-state index contributed by atoms with van der Waals surface area (Å²) in [5, 5.41) is 0. The van der Waals surface area contributed by atoms with Crippen LogP contribution in [0.15, 0.2) is 18.2 Å². The van der Waals surface area contributed by atoms with E-state index in [0.717, 1.165) is 50.4 Å². The lowest BCUT2D eigenvalue weighted by molar-refractivity contribution is 0.284. The Balaban J connectivity index is 2.05. The molecule has 0 aromatic heterocycles. The molecule has 0 spiro atoms.